The molecule has 1 aromatic heterocycles. The first kappa shape index (κ1) is 20.8. The van der Waals surface area contributed by atoms with Gasteiger partial charge in [-0.1, -0.05) is 6.42 Å². The van der Waals surface area contributed by atoms with Gasteiger partial charge in [0.25, 0.3) is 0 Å². The summed E-state index contributed by atoms with van der Waals surface area (Å²) in [4.78, 5) is 30.8. The summed E-state index contributed by atoms with van der Waals surface area (Å²) in [5.74, 6) is -0.466. The Morgan fingerprint density at radius 1 is 1.07 bits per heavy atom. The normalized spacial score (nSPS) is 14.6. The Balaban J connectivity index is 1.35. The highest BCUT2D eigenvalue weighted by Crippen LogP contribution is 2.19. The zero-order valence-corrected chi connectivity index (χ0v) is 17.1. The van der Waals surface area contributed by atoms with Crippen molar-refractivity contribution < 1.29 is 14.0 Å². The van der Waals surface area contributed by atoms with Crippen molar-refractivity contribution in [2.75, 3.05) is 35.2 Å². The number of anilines is 2. The largest absolute Gasteiger partial charge is 0.325 e. The lowest BCUT2D eigenvalue weighted by Gasteiger charge is -2.25. The number of likely N-dealkylation sites (tertiary alicyclic amines) is 1. The van der Waals surface area contributed by atoms with Gasteiger partial charge in [0.15, 0.2) is 5.13 Å². The van der Waals surface area contributed by atoms with Gasteiger partial charge in [0, 0.05) is 17.6 Å². The summed E-state index contributed by atoms with van der Waals surface area (Å²) >= 11 is 2.64. The first-order chi connectivity index (χ1) is 13.6. The summed E-state index contributed by atoms with van der Waals surface area (Å²) in [6.45, 7) is 3.04. The second-order valence-electron chi connectivity index (χ2n) is 6.58. The number of nitrogens with one attached hydrogen (secondary N) is 2. The van der Waals surface area contributed by atoms with Gasteiger partial charge in [-0.25, -0.2) is 9.37 Å². The van der Waals surface area contributed by atoms with Gasteiger partial charge in [-0.15, -0.1) is 23.1 Å². The summed E-state index contributed by atoms with van der Waals surface area (Å²) in [6, 6.07) is 5.55. The van der Waals surface area contributed by atoms with Crippen molar-refractivity contribution in [2.24, 2.45) is 0 Å². The minimum Gasteiger partial charge on any atom is -0.325 e. The standard InChI is InChI=1S/C19H23FN4O2S2/c20-14-4-6-15(7-5-14)21-17(25)12-27-13-18(26)23-19-22-16(11-28-19)10-24-8-2-1-3-9-24/h4-7,11H,1-3,8-10,12-13H2,(H,21,25)(H,22,23,26). The molecule has 0 radical (unpaired) electrons. The van der Waals surface area contributed by atoms with Gasteiger partial charge in [-0.2, -0.15) is 0 Å². The van der Waals surface area contributed by atoms with Gasteiger partial charge in [-0.05, 0) is 50.2 Å². The molecular formula is C19H23FN4O2S2. The Bertz CT molecular complexity index is 791. The van der Waals surface area contributed by atoms with Gasteiger partial charge in [0.2, 0.25) is 11.8 Å². The van der Waals surface area contributed by atoms with E-state index in [4.69, 9.17) is 0 Å². The SMILES string of the molecule is O=C(CSCC(=O)Nc1nc(CN2CCCCC2)cs1)Nc1ccc(F)cc1. The third-order valence-corrected chi connectivity index (χ3v) is 5.97. The van der Waals surface area contributed by atoms with E-state index in [-0.39, 0.29) is 29.1 Å². The van der Waals surface area contributed by atoms with Crippen LogP contribution in [0.4, 0.5) is 15.2 Å². The quantitative estimate of drug-likeness (QED) is 0.680. The van der Waals surface area contributed by atoms with E-state index in [0.29, 0.717) is 10.8 Å². The van der Waals surface area contributed by atoms with E-state index < -0.39 is 0 Å². The van der Waals surface area contributed by atoms with Crippen molar-refractivity contribution in [3.63, 3.8) is 0 Å². The number of rotatable bonds is 8. The number of amides is 2. The molecule has 0 aliphatic carbocycles. The molecule has 2 amide bonds. The van der Waals surface area contributed by atoms with Crippen LogP contribution < -0.4 is 10.6 Å². The Labute approximate surface area is 171 Å². The fraction of sp³-hybridized carbons (Fsp3) is 0.421. The lowest BCUT2D eigenvalue weighted by Crippen LogP contribution is -2.29. The highest BCUT2D eigenvalue weighted by Gasteiger charge is 2.13. The second kappa shape index (κ2) is 10.5. The highest BCUT2D eigenvalue weighted by molar-refractivity contribution is 8.00. The summed E-state index contributed by atoms with van der Waals surface area (Å²) in [6.07, 6.45) is 3.77. The first-order valence-electron chi connectivity index (χ1n) is 9.18. The number of aromatic nitrogens is 1. The Hall–Kier alpha value is -1.97. The maximum absolute atomic E-state index is 12.8. The van der Waals surface area contributed by atoms with E-state index in [0.717, 1.165) is 25.3 Å². The van der Waals surface area contributed by atoms with Gasteiger partial charge in [0.1, 0.15) is 5.82 Å². The number of carbonyl (C=O) groups is 2. The van der Waals surface area contributed by atoms with Crippen LogP contribution in [0, 0.1) is 5.82 Å². The summed E-state index contributed by atoms with van der Waals surface area (Å²) in [7, 11) is 0. The topological polar surface area (TPSA) is 74.3 Å². The molecular weight excluding hydrogens is 399 g/mol. The molecule has 2 aromatic rings. The van der Waals surface area contributed by atoms with Gasteiger partial charge >= 0.3 is 0 Å². The molecule has 2 heterocycles. The maximum Gasteiger partial charge on any atom is 0.236 e. The van der Waals surface area contributed by atoms with Gasteiger partial charge in [0.05, 0.1) is 17.2 Å². The number of nitrogens with zero attached hydrogens (tertiary/aromatic N) is 2. The van der Waals surface area contributed by atoms with Crippen LogP contribution >= 0.6 is 23.1 Å². The second-order valence-corrected chi connectivity index (χ2v) is 8.42. The number of hydrogen-bond donors (Lipinski definition) is 2. The molecule has 0 saturated carbocycles. The zero-order chi connectivity index (χ0) is 19.8. The van der Waals surface area contributed by atoms with Crippen LogP contribution in [0.3, 0.4) is 0 Å². The average molecular weight is 423 g/mol. The predicted octanol–water partition coefficient (Wildman–Crippen LogP) is 3.58. The molecule has 1 aliphatic rings. The lowest BCUT2D eigenvalue weighted by atomic mass is 10.1. The molecule has 9 heteroatoms. The van der Waals surface area contributed by atoms with Crippen LogP contribution in [-0.4, -0.2) is 46.3 Å². The number of piperidine rings is 1. The van der Waals surface area contributed by atoms with Crippen molar-refractivity contribution in [2.45, 2.75) is 25.8 Å². The zero-order valence-electron chi connectivity index (χ0n) is 15.4. The maximum atomic E-state index is 12.8. The molecule has 150 valence electrons. The predicted molar refractivity (Wildman–Crippen MR) is 112 cm³/mol. The fourth-order valence-corrected chi connectivity index (χ4v) is 4.24. The van der Waals surface area contributed by atoms with E-state index >= 15 is 0 Å². The van der Waals surface area contributed by atoms with Crippen LogP contribution in [0.25, 0.3) is 0 Å². The smallest absolute Gasteiger partial charge is 0.236 e. The fourth-order valence-electron chi connectivity index (χ4n) is 2.91. The monoisotopic (exact) mass is 422 g/mol. The van der Waals surface area contributed by atoms with E-state index in [1.165, 1.54) is 66.6 Å². The Morgan fingerprint density at radius 3 is 2.46 bits per heavy atom. The van der Waals surface area contributed by atoms with Crippen molar-refractivity contribution in [3.05, 3.63) is 41.2 Å². The van der Waals surface area contributed by atoms with Gasteiger partial charge in [-0.3, -0.25) is 14.5 Å². The Kier molecular flexibility index (Phi) is 7.81. The molecule has 0 spiro atoms. The first-order valence-corrected chi connectivity index (χ1v) is 11.2. The van der Waals surface area contributed by atoms with Crippen LogP contribution in [0.5, 0.6) is 0 Å². The molecule has 28 heavy (non-hydrogen) atoms. The molecule has 1 aliphatic heterocycles. The van der Waals surface area contributed by atoms with E-state index in [1.807, 2.05) is 5.38 Å². The number of benzene rings is 1. The molecule has 0 unspecified atom stereocenters. The lowest BCUT2D eigenvalue weighted by molar-refractivity contribution is -0.114. The molecule has 0 bridgehead atoms. The molecule has 1 saturated heterocycles. The minimum atomic E-state index is -0.356. The third kappa shape index (κ3) is 6.88. The van der Waals surface area contributed by atoms with E-state index in [1.54, 1.807) is 0 Å². The number of thiazole rings is 1. The van der Waals surface area contributed by atoms with Crippen molar-refractivity contribution in [1.29, 1.82) is 0 Å². The number of thioether (sulfide) groups is 1. The molecule has 2 N–H and O–H groups in total. The summed E-state index contributed by atoms with van der Waals surface area (Å²) < 4.78 is 12.8. The summed E-state index contributed by atoms with van der Waals surface area (Å²) in [5.41, 5.74) is 1.51. The summed E-state index contributed by atoms with van der Waals surface area (Å²) in [5, 5.41) is 8.02. The molecule has 0 atom stereocenters. The minimum absolute atomic E-state index is 0.142. The van der Waals surface area contributed by atoms with E-state index in [2.05, 4.69) is 20.5 Å². The number of halogens is 1. The van der Waals surface area contributed by atoms with Crippen molar-refractivity contribution in [3.8, 4) is 0 Å². The van der Waals surface area contributed by atoms with Gasteiger partial charge < -0.3 is 10.6 Å². The van der Waals surface area contributed by atoms with Crippen molar-refractivity contribution in [1.82, 2.24) is 9.88 Å². The molecule has 6 nitrogen and oxygen atoms in total. The van der Waals surface area contributed by atoms with Crippen LogP contribution in [0.2, 0.25) is 0 Å². The third-order valence-electron chi connectivity index (χ3n) is 4.23. The molecule has 1 aromatic carbocycles. The number of hydrogen-bond acceptors (Lipinski definition) is 6. The van der Waals surface area contributed by atoms with Crippen LogP contribution in [-0.2, 0) is 16.1 Å². The Morgan fingerprint density at radius 2 is 1.75 bits per heavy atom. The van der Waals surface area contributed by atoms with Crippen LogP contribution in [0.15, 0.2) is 29.6 Å². The number of carbonyl (C=O) groups excluding carboxylic acids is 2. The molecule has 3 rings (SSSR count). The van der Waals surface area contributed by atoms with Crippen molar-refractivity contribution >= 4 is 45.7 Å². The average Bonchev–Trinajstić information content (AvgIpc) is 3.11. The van der Waals surface area contributed by atoms with Crippen LogP contribution in [0.1, 0.15) is 25.0 Å². The highest BCUT2D eigenvalue weighted by atomic mass is 32.2. The van der Waals surface area contributed by atoms with E-state index in [9.17, 15) is 14.0 Å². The molecule has 1 fully saturated rings.